The van der Waals surface area contributed by atoms with Crippen LogP contribution in [0.3, 0.4) is 0 Å². The molecule has 14 nitrogen and oxygen atoms in total. The molecule has 0 spiro atoms. The maximum Gasteiger partial charge on any atom is 0.335 e. The zero-order chi connectivity index (χ0) is 33.7. The highest BCUT2D eigenvalue weighted by molar-refractivity contribution is 5.96. The van der Waals surface area contributed by atoms with Gasteiger partial charge in [0.25, 0.3) is 0 Å². The smallest absolute Gasteiger partial charge is 0.335 e. The van der Waals surface area contributed by atoms with Gasteiger partial charge in [-0.2, -0.15) is 0 Å². The van der Waals surface area contributed by atoms with E-state index in [-0.39, 0.29) is 35.7 Å². The van der Waals surface area contributed by atoms with Crippen molar-refractivity contribution >= 4 is 29.6 Å². The molecule has 1 aliphatic carbocycles. The quantitative estimate of drug-likeness (QED) is 0.151. The predicted molar refractivity (Wildman–Crippen MR) is 165 cm³/mol. The number of hydrogen-bond donors (Lipinski definition) is 6. The number of nitrogens with one attached hydrogen (secondary N) is 2. The molecule has 2 heterocycles. The van der Waals surface area contributed by atoms with Gasteiger partial charge in [-0.15, -0.1) is 0 Å². The second kappa shape index (κ2) is 18.6. The van der Waals surface area contributed by atoms with Gasteiger partial charge in [0, 0.05) is 43.6 Å². The van der Waals surface area contributed by atoms with Gasteiger partial charge >= 0.3 is 11.9 Å². The van der Waals surface area contributed by atoms with Crippen molar-refractivity contribution in [2.45, 2.75) is 91.0 Å². The van der Waals surface area contributed by atoms with Gasteiger partial charge in [-0.3, -0.25) is 14.5 Å². The number of carboxylic acid groups (broad SMARTS) is 2. The molecular formula is C31H50N4O10. The molecule has 1 aromatic heterocycles. The van der Waals surface area contributed by atoms with Crippen molar-refractivity contribution < 1.29 is 49.1 Å². The maximum atomic E-state index is 13.7. The molecule has 6 N–H and O–H groups in total. The minimum atomic E-state index is -2.27. The van der Waals surface area contributed by atoms with Gasteiger partial charge in [0.15, 0.2) is 12.2 Å². The summed E-state index contributed by atoms with van der Waals surface area (Å²) in [7, 11) is 0. The second-order valence-electron chi connectivity index (χ2n) is 11.7. The Hall–Kier alpha value is -3.33. The van der Waals surface area contributed by atoms with Crippen LogP contribution in [0.15, 0.2) is 12.3 Å². The Labute approximate surface area is 264 Å². The molecule has 3 rings (SSSR count). The molecule has 0 radical (unpaired) electrons. The normalized spacial score (nSPS) is 19.8. The molecule has 14 heteroatoms. The summed E-state index contributed by atoms with van der Waals surface area (Å²) in [6.07, 6.45) is 1.47. The lowest BCUT2D eigenvalue weighted by Crippen LogP contribution is -2.51. The van der Waals surface area contributed by atoms with Crippen LogP contribution in [-0.2, 0) is 30.3 Å². The number of carbonyl (C=O) groups excluding carboxylic acids is 2. The highest BCUT2D eigenvalue weighted by Gasteiger charge is 2.40. The average molecular weight is 639 g/mol. The summed E-state index contributed by atoms with van der Waals surface area (Å²) >= 11 is 0. The number of pyridine rings is 1. The highest BCUT2D eigenvalue weighted by atomic mass is 16.5. The number of aryl methyl sites for hydroxylation is 1. The number of carbonyl (C=O) groups is 4. The lowest BCUT2D eigenvalue weighted by atomic mass is 9.88. The van der Waals surface area contributed by atoms with E-state index in [2.05, 4.69) is 36.4 Å². The first-order valence-electron chi connectivity index (χ1n) is 15.7. The third kappa shape index (κ3) is 11.8. The van der Waals surface area contributed by atoms with Crippen molar-refractivity contribution in [3.05, 3.63) is 17.8 Å². The molecule has 1 saturated carbocycles. The first-order valence-corrected chi connectivity index (χ1v) is 15.7. The fourth-order valence-corrected chi connectivity index (χ4v) is 5.07. The number of amides is 2. The molecule has 2 unspecified atom stereocenters. The SMILES string of the molecule is CCOC[C@@H](CC(C)C)NC(=O)[C@@H]1CNC[C@H](C(=O)N(c2cc(OCC)c(CC)cn2)C2CC2)C1.O=C(O)C(O)C(O)C(=O)O. The number of hydrogen-bond acceptors (Lipinski definition) is 10. The molecule has 1 saturated heterocycles. The Balaban J connectivity index is 0.000000607. The molecule has 2 fully saturated rings. The zero-order valence-electron chi connectivity index (χ0n) is 26.9. The van der Waals surface area contributed by atoms with Crippen LogP contribution in [-0.4, -0.2) is 106 Å². The highest BCUT2D eigenvalue weighted by Crippen LogP contribution is 2.35. The van der Waals surface area contributed by atoms with E-state index in [1.807, 2.05) is 31.0 Å². The average Bonchev–Trinajstić information content (AvgIpc) is 3.84. The summed E-state index contributed by atoms with van der Waals surface area (Å²) in [5.74, 6) is -2.10. The Morgan fingerprint density at radius 2 is 1.64 bits per heavy atom. The van der Waals surface area contributed by atoms with E-state index in [0.29, 0.717) is 51.1 Å². The Bertz CT molecular complexity index is 1110. The molecule has 5 atom stereocenters. The molecule has 45 heavy (non-hydrogen) atoms. The van der Waals surface area contributed by atoms with Crippen LogP contribution in [0.2, 0.25) is 0 Å². The zero-order valence-corrected chi connectivity index (χ0v) is 26.9. The lowest BCUT2D eigenvalue weighted by molar-refractivity contribution is -0.165. The van der Waals surface area contributed by atoms with Crippen LogP contribution >= 0.6 is 0 Å². The van der Waals surface area contributed by atoms with Gasteiger partial charge in [-0.1, -0.05) is 20.8 Å². The van der Waals surface area contributed by atoms with Gasteiger partial charge in [0.1, 0.15) is 11.6 Å². The molecule has 0 aromatic carbocycles. The molecule has 1 aliphatic heterocycles. The standard InChI is InChI=1S/C27H44N4O4.C4H6O6/c1-6-19-16-29-25(13-24(19)35-8-3)31(23-9-10-23)27(33)21-12-20(14-28-15-21)26(32)30-22(11-18(4)5)17-34-7-2;5-1(3(7)8)2(6)4(9)10/h13,16,18,20-23,28H,6-12,14-15,17H2,1-5H3,(H,30,32);1-2,5-6H,(H,7,8)(H,9,10)/t20-,21+,22+;/m0./s1. The number of aliphatic hydroxyl groups excluding tert-OH is 2. The van der Waals surface area contributed by atoms with Crippen molar-refractivity contribution in [3.8, 4) is 5.75 Å². The van der Waals surface area contributed by atoms with E-state index in [0.717, 1.165) is 37.0 Å². The summed E-state index contributed by atoms with van der Waals surface area (Å²) in [5.41, 5.74) is 1.04. The van der Waals surface area contributed by atoms with Gasteiger partial charge in [-0.05, 0) is 51.9 Å². The van der Waals surface area contributed by atoms with E-state index in [1.165, 1.54) is 0 Å². The van der Waals surface area contributed by atoms with Crippen LogP contribution in [0.4, 0.5) is 5.82 Å². The van der Waals surface area contributed by atoms with E-state index < -0.39 is 24.1 Å². The number of aromatic nitrogens is 1. The predicted octanol–water partition coefficient (Wildman–Crippen LogP) is 1.21. The maximum absolute atomic E-state index is 13.7. The van der Waals surface area contributed by atoms with E-state index in [9.17, 15) is 19.2 Å². The number of aliphatic hydroxyl groups is 2. The summed E-state index contributed by atoms with van der Waals surface area (Å²) in [4.78, 5) is 52.9. The molecular weight excluding hydrogens is 588 g/mol. The van der Waals surface area contributed by atoms with Crippen molar-refractivity contribution in [2.75, 3.05) is 37.8 Å². The molecule has 0 bridgehead atoms. The van der Waals surface area contributed by atoms with Crippen LogP contribution in [0.5, 0.6) is 5.75 Å². The summed E-state index contributed by atoms with van der Waals surface area (Å²) in [6.45, 7) is 13.2. The van der Waals surface area contributed by atoms with Crippen LogP contribution in [0.1, 0.15) is 65.9 Å². The minimum absolute atomic E-state index is 0.00220. The van der Waals surface area contributed by atoms with Gasteiger partial charge < -0.3 is 40.5 Å². The van der Waals surface area contributed by atoms with E-state index in [1.54, 1.807) is 0 Å². The summed E-state index contributed by atoms with van der Waals surface area (Å²) in [5, 5.41) is 39.0. The molecule has 1 aromatic rings. The van der Waals surface area contributed by atoms with Crippen molar-refractivity contribution in [1.29, 1.82) is 0 Å². The van der Waals surface area contributed by atoms with E-state index in [4.69, 9.17) is 29.9 Å². The second-order valence-corrected chi connectivity index (χ2v) is 11.7. The third-order valence-electron chi connectivity index (χ3n) is 7.51. The number of piperidine rings is 1. The number of carboxylic acids is 2. The first kappa shape index (κ1) is 37.9. The van der Waals surface area contributed by atoms with Gasteiger partial charge in [-0.25, -0.2) is 14.6 Å². The summed E-state index contributed by atoms with van der Waals surface area (Å²) < 4.78 is 11.4. The first-order chi connectivity index (χ1) is 21.3. The Kier molecular flexibility index (Phi) is 15.6. The number of aliphatic carboxylic acids is 2. The van der Waals surface area contributed by atoms with Crippen LogP contribution in [0, 0.1) is 17.8 Å². The van der Waals surface area contributed by atoms with Crippen LogP contribution in [0.25, 0.3) is 0 Å². The fourth-order valence-electron chi connectivity index (χ4n) is 5.07. The number of rotatable bonds is 16. The minimum Gasteiger partial charge on any atom is -0.493 e. The van der Waals surface area contributed by atoms with Crippen LogP contribution < -0.4 is 20.3 Å². The topological polar surface area (TPSA) is 208 Å². The van der Waals surface area contributed by atoms with Crippen molar-refractivity contribution in [1.82, 2.24) is 15.6 Å². The summed E-state index contributed by atoms with van der Waals surface area (Å²) in [6, 6.07) is 2.07. The Morgan fingerprint density at radius 3 is 2.16 bits per heavy atom. The number of nitrogens with zero attached hydrogens (tertiary/aromatic N) is 2. The largest absolute Gasteiger partial charge is 0.493 e. The fraction of sp³-hybridized carbons (Fsp3) is 0.710. The number of anilines is 1. The van der Waals surface area contributed by atoms with Gasteiger partial charge in [0.2, 0.25) is 11.8 Å². The number of ether oxygens (including phenoxy) is 2. The Morgan fingerprint density at radius 1 is 1.02 bits per heavy atom. The third-order valence-corrected chi connectivity index (χ3v) is 7.51. The lowest BCUT2D eigenvalue weighted by Gasteiger charge is -2.33. The van der Waals surface area contributed by atoms with Crippen molar-refractivity contribution in [3.63, 3.8) is 0 Å². The monoisotopic (exact) mass is 638 g/mol. The molecule has 254 valence electrons. The van der Waals surface area contributed by atoms with Gasteiger partial charge in [0.05, 0.1) is 31.1 Å². The van der Waals surface area contributed by atoms with Crippen molar-refractivity contribution in [2.24, 2.45) is 17.8 Å². The molecule has 2 aliphatic rings. The molecule has 2 amide bonds. The van der Waals surface area contributed by atoms with E-state index >= 15 is 0 Å².